The summed E-state index contributed by atoms with van der Waals surface area (Å²) >= 11 is 0. The highest BCUT2D eigenvalue weighted by Crippen LogP contribution is 2.39. The minimum atomic E-state index is -0.297. The monoisotopic (exact) mass is 434 g/mol. The molecule has 0 spiro atoms. The van der Waals surface area contributed by atoms with Crippen LogP contribution in [0, 0.1) is 23.2 Å². The van der Waals surface area contributed by atoms with E-state index in [-0.39, 0.29) is 41.2 Å². The van der Waals surface area contributed by atoms with E-state index in [9.17, 15) is 14.4 Å². The Bertz CT molecular complexity index is 646. The van der Waals surface area contributed by atoms with E-state index in [1.807, 2.05) is 6.08 Å². The predicted octanol–water partition coefficient (Wildman–Crippen LogP) is 5.82. The lowest BCUT2D eigenvalue weighted by molar-refractivity contribution is -0.149. The zero-order valence-corrected chi connectivity index (χ0v) is 20.3. The van der Waals surface area contributed by atoms with Crippen LogP contribution in [0.4, 0.5) is 0 Å². The molecule has 1 saturated carbocycles. The van der Waals surface area contributed by atoms with Crippen LogP contribution in [0.15, 0.2) is 24.3 Å². The fourth-order valence-corrected chi connectivity index (χ4v) is 4.30. The normalized spacial score (nSPS) is 22.9. The van der Waals surface area contributed by atoms with Crippen LogP contribution in [0.25, 0.3) is 0 Å². The smallest absolute Gasteiger partial charge is 0.305 e. The summed E-state index contributed by atoms with van der Waals surface area (Å²) in [5, 5.41) is 0. The first kappa shape index (κ1) is 27.1. The van der Waals surface area contributed by atoms with Crippen LogP contribution in [-0.4, -0.2) is 30.9 Å². The third-order valence-corrected chi connectivity index (χ3v) is 6.34. The lowest BCUT2D eigenvalue weighted by atomic mass is 9.79. The van der Waals surface area contributed by atoms with Gasteiger partial charge in [-0.15, -0.1) is 0 Å². The fraction of sp³-hybridized carbons (Fsp3) is 0.731. The lowest BCUT2D eigenvalue weighted by Crippen LogP contribution is -2.32. The Labute approximate surface area is 188 Å². The molecule has 0 radical (unpaired) electrons. The molecule has 0 amide bonds. The molecule has 1 fully saturated rings. The van der Waals surface area contributed by atoms with Gasteiger partial charge in [-0.05, 0) is 43.6 Å². The number of ether oxygens (including phenoxy) is 2. The Kier molecular flexibility index (Phi) is 11.8. The topological polar surface area (TPSA) is 69.7 Å². The summed E-state index contributed by atoms with van der Waals surface area (Å²) in [5.41, 5.74) is -0.154. The molecule has 1 aliphatic rings. The summed E-state index contributed by atoms with van der Waals surface area (Å²) in [5.74, 6) is 0.213. The van der Waals surface area contributed by atoms with Gasteiger partial charge in [-0.25, -0.2) is 0 Å². The average Bonchev–Trinajstić information content (AvgIpc) is 2.97. The second kappa shape index (κ2) is 13.5. The van der Waals surface area contributed by atoms with E-state index in [1.165, 1.54) is 14.0 Å². The Hall–Kier alpha value is -1.91. The van der Waals surface area contributed by atoms with Crippen molar-refractivity contribution in [2.45, 2.75) is 92.1 Å². The third kappa shape index (κ3) is 9.40. The van der Waals surface area contributed by atoms with E-state index in [1.54, 1.807) is 0 Å². The highest BCUT2D eigenvalue weighted by Gasteiger charge is 2.38. The molecule has 176 valence electrons. The largest absolute Gasteiger partial charge is 0.469 e. The van der Waals surface area contributed by atoms with Gasteiger partial charge in [0.05, 0.1) is 7.11 Å². The van der Waals surface area contributed by atoms with E-state index >= 15 is 0 Å². The summed E-state index contributed by atoms with van der Waals surface area (Å²) in [7, 11) is 1.40. The molecular weight excluding hydrogens is 392 g/mol. The number of rotatable bonds is 13. The number of ketones is 1. The van der Waals surface area contributed by atoms with E-state index in [0.717, 1.165) is 32.1 Å². The lowest BCUT2D eigenvalue weighted by Gasteiger charge is -2.32. The molecule has 0 aromatic rings. The molecule has 0 heterocycles. The molecule has 5 heteroatoms. The van der Waals surface area contributed by atoms with Gasteiger partial charge in [-0.2, -0.15) is 0 Å². The van der Waals surface area contributed by atoms with E-state index in [0.29, 0.717) is 25.0 Å². The average molecular weight is 435 g/mol. The molecule has 5 nitrogen and oxygen atoms in total. The summed E-state index contributed by atoms with van der Waals surface area (Å²) in [4.78, 5) is 35.5. The van der Waals surface area contributed by atoms with Crippen LogP contribution in [0.5, 0.6) is 0 Å². The predicted molar refractivity (Wildman–Crippen MR) is 123 cm³/mol. The maximum absolute atomic E-state index is 12.6. The summed E-state index contributed by atoms with van der Waals surface area (Å²) in [6.07, 6.45) is 14.4. The first-order valence-corrected chi connectivity index (χ1v) is 11.7. The van der Waals surface area contributed by atoms with Gasteiger partial charge in [0, 0.05) is 31.1 Å². The van der Waals surface area contributed by atoms with E-state index < -0.39 is 0 Å². The molecule has 31 heavy (non-hydrogen) atoms. The standard InChI is InChI=1S/C26H42O5/c1-7-8-17-26(4,5)24(31-20(3)27)16-15-21-19(2)18-23(28)22(21)13-11-9-10-12-14-25(29)30-6/h9,11,15-16,19,21-22,24H,7-8,10,12-14,17-18H2,1-6H3/t19-,21-,22-,24-/m1/s1. The maximum atomic E-state index is 12.6. The van der Waals surface area contributed by atoms with Crippen LogP contribution in [0.3, 0.4) is 0 Å². The van der Waals surface area contributed by atoms with Crippen LogP contribution in [0.1, 0.15) is 86.0 Å². The maximum Gasteiger partial charge on any atom is 0.305 e. The number of allylic oxidation sites excluding steroid dienone is 3. The van der Waals surface area contributed by atoms with Crippen molar-refractivity contribution in [3.05, 3.63) is 24.3 Å². The second-order valence-electron chi connectivity index (χ2n) is 9.51. The minimum absolute atomic E-state index is 0.0418. The van der Waals surface area contributed by atoms with Gasteiger partial charge >= 0.3 is 11.9 Å². The zero-order valence-electron chi connectivity index (χ0n) is 20.3. The summed E-state index contributed by atoms with van der Waals surface area (Å²) in [6.45, 7) is 10.0. The van der Waals surface area contributed by atoms with Crippen molar-refractivity contribution in [3.8, 4) is 0 Å². The van der Waals surface area contributed by atoms with Gasteiger partial charge in [0.1, 0.15) is 11.9 Å². The van der Waals surface area contributed by atoms with Crippen molar-refractivity contribution in [2.24, 2.45) is 23.2 Å². The molecule has 0 bridgehead atoms. The Morgan fingerprint density at radius 1 is 1.23 bits per heavy atom. The quantitative estimate of drug-likeness (QED) is 0.207. The van der Waals surface area contributed by atoms with Gasteiger partial charge in [0.2, 0.25) is 0 Å². The van der Waals surface area contributed by atoms with Crippen molar-refractivity contribution >= 4 is 17.7 Å². The highest BCUT2D eigenvalue weighted by molar-refractivity contribution is 5.84. The van der Waals surface area contributed by atoms with Gasteiger partial charge in [0.25, 0.3) is 0 Å². The Balaban J connectivity index is 2.80. The number of carbonyl (C=O) groups excluding carboxylic acids is 3. The number of methoxy groups -OCH3 is 1. The number of carbonyl (C=O) groups is 3. The van der Waals surface area contributed by atoms with Crippen LogP contribution >= 0.6 is 0 Å². The zero-order chi connectivity index (χ0) is 23.4. The van der Waals surface area contributed by atoms with E-state index in [2.05, 4.69) is 50.7 Å². The van der Waals surface area contributed by atoms with Crippen molar-refractivity contribution < 1.29 is 23.9 Å². The molecule has 1 rings (SSSR count). The van der Waals surface area contributed by atoms with Gasteiger partial charge in [0.15, 0.2) is 0 Å². The first-order chi connectivity index (χ1) is 14.6. The van der Waals surface area contributed by atoms with Gasteiger partial charge in [-0.3, -0.25) is 14.4 Å². The van der Waals surface area contributed by atoms with Crippen LogP contribution in [0.2, 0.25) is 0 Å². The van der Waals surface area contributed by atoms with Crippen LogP contribution < -0.4 is 0 Å². The number of Topliss-reactive ketones (excluding diaryl/α,β-unsaturated/α-hetero) is 1. The third-order valence-electron chi connectivity index (χ3n) is 6.34. The number of unbranched alkanes of at least 4 members (excludes halogenated alkanes) is 2. The molecule has 0 unspecified atom stereocenters. The number of hydrogen-bond acceptors (Lipinski definition) is 5. The molecular formula is C26H42O5. The second-order valence-corrected chi connectivity index (χ2v) is 9.51. The molecule has 0 aromatic carbocycles. The minimum Gasteiger partial charge on any atom is -0.469 e. The van der Waals surface area contributed by atoms with Crippen molar-refractivity contribution in [1.29, 1.82) is 0 Å². The molecule has 1 aliphatic carbocycles. The Morgan fingerprint density at radius 2 is 1.94 bits per heavy atom. The SMILES string of the molecule is CCCCC(C)(C)[C@@H](C=C[C@@H]1[C@H](C)CC(=O)[C@@H]1CC=CCCCC(=O)OC)OC(C)=O. The number of hydrogen-bond donors (Lipinski definition) is 0. The molecule has 0 aliphatic heterocycles. The van der Waals surface area contributed by atoms with Gasteiger partial charge in [-0.1, -0.05) is 58.8 Å². The van der Waals surface area contributed by atoms with Crippen molar-refractivity contribution in [3.63, 3.8) is 0 Å². The van der Waals surface area contributed by atoms with Crippen LogP contribution in [-0.2, 0) is 23.9 Å². The van der Waals surface area contributed by atoms with Crippen molar-refractivity contribution in [2.75, 3.05) is 7.11 Å². The summed E-state index contributed by atoms with van der Waals surface area (Å²) in [6, 6.07) is 0. The first-order valence-electron chi connectivity index (χ1n) is 11.7. The van der Waals surface area contributed by atoms with Gasteiger partial charge < -0.3 is 9.47 Å². The fourth-order valence-electron chi connectivity index (χ4n) is 4.30. The molecule has 4 atom stereocenters. The van der Waals surface area contributed by atoms with E-state index in [4.69, 9.17) is 4.74 Å². The van der Waals surface area contributed by atoms with Crippen molar-refractivity contribution in [1.82, 2.24) is 0 Å². The Morgan fingerprint density at radius 3 is 2.55 bits per heavy atom. The summed E-state index contributed by atoms with van der Waals surface area (Å²) < 4.78 is 10.3. The highest BCUT2D eigenvalue weighted by atomic mass is 16.5. The molecule has 0 aromatic heterocycles. The molecule has 0 saturated heterocycles. The number of esters is 2. The molecule has 0 N–H and O–H groups in total.